The SMILES string of the molecule is COCC1CCCN(S(=O)(=O)c2cnn(C)c2)CC1. The smallest absolute Gasteiger partial charge is 0.246 e. The molecule has 19 heavy (non-hydrogen) atoms. The molecule has 1 aliphatic heterocycles. The van der Waals surface area contributed by atoms with Gasteiger partial charge in [-0.05, 0) is 25.2 Å². The molecular formula is C12H21N3O3S. The molecule has 1 saturated heterocycles. The molecule has 1 unspecified atom stereocenters. The molecule has 2 heterocycles. The fourth-order valence-corrected chi connectivity index (χ4v) is 3.94. The predicted octanol–water partition coefficient (Wildman–Crippen LogP) is 0.857. The van der Waals surface area contributed by atoms with Gasteiger partial charge in [-0.3, -0.25) is 4.68 Å². The van der Waals surface area contributed by atoms with Gasteiger partial charge in [0.2, 0.25) is 10.0 Å². The van der Waals surface area contributed by atoms with Crippen LogP contribution in [0.3, 0.4) is 0 Å². The quantitative estimate of drug-likeness (QED) is 0.824. The van der Waals surface area contributed by atoms with Crippen molar-refractivity contribution >= 4 is 10.0 Å². The Balaban J connectivity index is 2.09. The lowest BCUT2D eigenvalue weighted by molar-refractivity contribution is 0.145. The van der Waals surface area contributed by atoms with Crippen LogP contribution in [0.2, 0.25) is 0 Å². The molecule has 108 valence electrons. The van der Waals surface area contributed by atoms with Gasteiger partial charge in [-0.2, -0.15) is 9.40 Å². The minimum Gasteiger partial charge on any atom is -0.384 e. The van der Waals surface area contributed by atoms with Gasteiger partial charge in [-0.1, -0.05) is 0 Å². The first-order valence-electron chi connectivity index (χ1n) is 6.52. The maximum atomic E-state index is 12.5. The zero-order chi connectivity index (χ0) is 13.9. The Kier molecular flexibility index (Phi) is 4.59. The fourth-order valence-electron chi connectivity index (χ4n) is 2.46. The number of ether oxygens (including phenoxy) is 1. The summed E-state index contributed by atoms with van der Waals surface area (Å²) in [5.74, 6) is 0.457. The number of rotatable bonds is 4. The number of hydrogen-bond donors (Lipinski definition) is 0. The Morgan fingerprint density at radius 3 is 2.84 bits per heavy atom. The molecule has 0 spiro atoms. The first kappa shape index (κ1) is 14.5. The highest BCUT2D eigenvalue weighted by atomic mass is 32.2. The van der Waals surface area contributed by atoms with Gasteiger partial charge in [0.15, 0.2) is 0 Å². The summed E-state index contributed by atoms with van der Waals surface area (Å²) >= 11 is 0. The number of nitrogens with zero attached hydrogens (tertiary/aromatic N) is 3. The predicted molar refractivity (Wildman–Crippen MR) is 71.2 cm³/mol. The number of methoxy groups -OCH3 is 1. The van der Waals surface area contributed by atoms with E-state index in [-0.39, 0.29) is 4.90 Å². The molecule has 6 nitrogen and oxygen atoms in total. The van der Waals surface area contributed by atoms with Crippen molar-refractivity contribution in [3.8, 4) is 0 Å². The number of aromatic nitrogens is 2. The maximum Gasteiger partial charge on any atom is 0.246 e. The van der Waals surface area contributed by atoms with Crippen LogP contribution >= 0.6 is 0 Å². The Hall–Kier alpha value is -0.920. The van der Waals surface area contributed by atoms with E-state index in [1.54, 1.807) is 24.7 Å². The van der Waals surface area contributed by atoms with Crippen molar-refractivity contribution in [3.05, 3.63) is 12.4 Å². The molecule has 1 aliphatic rings. The Morgan fingerprint density at radius 1 is 1.42 bits per heavy atom. The zero-order valence-corrected chi connectivity index (χ0v) is 12.3. The topological polar surface area (TPSA) is 64.4 Å². The molecule has 1 fully saturated rings. The van der Waals surface area contributed by atoms with Crippen molar-refractivity contribution in [2.75, 3.05) is 26.8 Å². The number of hydrogen-bond acceptors (Lipinski definition) is 4. The lowest BCUT2D eigenvalue weighted by Gasteiger charge is -2.19. The molecule has 2 rings (SSSR count). The van der Waals surface area contributed by atoms with Gasteiger partial charge >= 0.3 is 0 Å². The summed E-state index contributed by atoms with van der Waals surface area (Å²) in [5, 5.41) is 3.94. The van der Waals surface area contributed by atoms with Crippen LogP contribution < -0.4 is 0 Å². The average Bonchev–Trinajstić information content (AvgIpc) is 2.66. The molecule has 0 aromatic carbocycles. The van der Waals surface area contributed by atoms with E-state index < -0.39 is 10.0 Å². The minimum absolute atomic E-state index is 0.278. The Morgan fingerprint density at radius 2 is 2.21 bits per heavy atom. The molecule has 0 N–H and O–H groups in total. The molecule has 0 saturated carbocycles. The maximum absolute atomic E-state index is 12.5. The molecule has 1 aromatic heterocycles. The zero-order valence-electron chi connectivity index (χ0n) is 11.4. The standard InChI is InChI=1S/C12H21N3O3S/c1-14-9-12(8-13-14)19(16,17)15-6-3-4-11(5-7-15)10-18-2/h8-9,11H,3-7,10H2,1-2H3. The van der Waals surface area contributed by atoms with Gasteiger partial charge in [0.1, 0.15) is 4.90 Å². The van der Waals surface area contributed by atoms with Crippen LogP contribution in [0.4, 0.5) is 0 Å². The van der Waals surface area contributed by atoms with Crippen molar-refractivity contribution in [1.29, 1.82) is 0 Å². The monoisotopic (exact) mass is 287 g/mol. The molecule has 0 radical (unpaired) electrons. The van der Waals surface area contributed by atoms with Crippen molar-refractivity contribution < 1.29 is 13.2 Å². The van der Waals surface area contributed by atoms with Gasteiger partial charge < -0.3 is 4.74 Å². The van der Waals surface area contributed by atoms with Crippen LogP contribution in [0.15, 0.2) is 17.3 Å². The van der Waals surface area contributed by atoms with Gasteiger partial charge in [0.25, 0.3) is 0 Å². The molecule has 0 bridgehead atoms. The van der Waals surface area contributed by atoms with Crippen LogP contribution in [0, 0.1) is 5.92 Å². The van der Waals surface area contributed by atoms with Gasteiger partial charge in [0.05, 0.1) is 6.20 Å². The highest BCUT2D eigenvalue weighted by Crippen LogP contribution is 2.23. The van der Waals surface area contributed by atoms with Gasteiger partial charge in [-0.25, -0.2) is 8.42 Å². The van der Waals surface area contributed by atoms with Crippen LogP contribution in [0.5, 0.6) is 0 Å². The van der Waals surface area contributed by atoms with Crippen LogP contribution in [0.1, 0.15) is 19.3 Å². The van der Waals surface area contributed by atoms with Crippen molar-refractivity contribution in [2.45, 2.75) is 24.2 Å². The summed E-state index contributed by atoms with van der Waals surface area (Å²) in [5.41, 5.74) is 0. The van der Waals surface area contributed by atoms with E-state index in [0.717, 1.165) is 19.3 Å². The molecule has 1 atom stereocenters. The lowest BCUT2D eigenvalue weighted by Crippen LogP contribution is -2.32. The summed E-state index contributed by atoms with van der Waals surface area (Å²) in [7, 11) is 0.0141. The third-order valence-electron chi connectivity index (χ3n) is 3.53. The molecular weight excluding hydrogens is 266 g/mol. The summed E-state index contributed by atoms with van der Waals surface area (Å²) in [6.45, 7) is 1.85. The van der Waals surface area contributed by atoms with E-state index in [9.17, 15) is 8.42 Å². The minimum atomic E-state index is -3.39. The molecule has 7 heteroatoms. The lowest BCUT2D eigenvalue weighted by atomic mass is 10.0. The van der Waals surface area contributed by atoms with Crippen LogP contribution in [-0.2, 0) is 21.8 Å². The van der Waals surface area contributed by atoms with E-state index in [1.807, 2.05) is 0 Å². The summed E-state index contributed by atoms with van der Waals surface area (Å²) in [6, 6.07) is 0. The number of aryl methyl sites for hydroxylation is 1. The number of sulfonamides is 1. The highest BCUT2D eigenvalue weighted by Gasteiger charge is 2.28. The summed E-state index contributed by atoms with van der Waals surface area (Å²) < 4.78 is 33.2. The summed E-state index contributed by atoms with van der Waals surface area (Å²) in [6.07, 6.45) is 5.72. The summed E-state index contributed by atoms with van der Waals surface area (Å²) in [4.78, 5) is 0.278. The molecule has 0 aliphatic carbocycles. The molecule has 1 aromatic rings. The second-order valence-corrected chi connectivity index (χ2v) is 6.94. The first-order valence-corrected chi connectivity index (χ1v) is 7.96. The van der Waals surface area contributed by atoms with Gasteiger partial charge in [0, 0.05) is 40.1 Å². The van der Waals surface area contributed by atoms with E-state index in [2.05, 4.69) is 5.10 Å². The second-order valence-electron chi connectivity index (χ2n) is 5.01. The third kappa shape index (κ3) is 3.34. The fraction of sp³-hybridized carbons (Fsp3) is 0.750. The van der Waals surface area contributed by atoms with E-state index in [1.165, 1.54) is 10.9 Å². The van der Waals surface area contributed by atoms with E-state index in [0.29, 0.717) is 25.6 Å². The van der Waals surface area contributed by atoms with Crippen molar-refractivity contribution in [1.82, 2.24) is 14.1 Å². The van der Waals surface area contributed by atoms with Crippen molar-refractivity contribution in [3.63, 3.8) is 0 Å². The van der Waals surface area contributed by atoms with Crippen LogP contribution in [0.25, 0.3) is 0 Å². The molecule has 0 amide bonds. The largest absolute Gasteiger partial charge is 0.384 e. The highest BCUT2D eigenvalue weighted by molar-refractivity contribution is 7.89. The average molecular weight is 287 g/mol. The first-order chi connectivity index (χ1) is 9.04. The van der Waals surface area contributed by atoms with E-state index >= 15 is 0 Å². The Labute approximate surface area is 114 Å². The third-order valence-corrected chi connectivity index (χ3v) is 5.38. The van der Waals surface area contributed by atoms with Crippen LogP contribution in [-0.4, -0.2) is 49.3 Å². The van der Waals surface area contributed by atoms with E-state index in [4.69, 9.17) is 4.74 Å². The van der Waals surface area contributed by atoms with Gasteiger partial charge in [-0.15, -0.1) is 0 Å². The second kappa shape index (κ2) is 6.02. The van der Waals surface area contributed by atoms with Crippen molar-refractivity contribution in [2.24, 2.45) is 13.0 Å². The Bertz CT molecular complexity index is 512. The normalized spacial score (nSPS) is 22.3.